The molecule has 0 aliphatic heterocycles. The Morgan fingerprint density at radius 2 is 1.89 bits per heavy atom. The van der Waals surface area contributed by atoms with Gasteiger partial charge in [0.2, 0.25) is 0 Å². The standard InChI is InChI=1S/C14H20BrNO2/c1-3-7-11(8-4-2)18-14(17)16-13-10-6-5-9-12(13)15/h5-6,9-11H,3-4,7-8H2,1-2H3,(H,16,17). The number of carbonyl (C=O) groups excluding carboxylic acids is 1. The Kier molecular flexibility index (Phi) is 6.80. The van der Waals surface area contributed by atoms with Crippen LogP contribution < -0.4 is 5.32 Å². The van der Waals surface area contributed by atoms with Gasteiger partial charge in [0.25, 0.3) is 0 Å². The van der Waals surface area contributed by atoms with Gasteiger partial charge in [-0.15, -0.1) is 0 Å². The zero-order valence-corrected chi connectivity index (χ0v) is 12.5. The molecule has 4 heteroatoms. The molecule has 3 nitrogen and oxygen atoms in total. The molecule has 0 atom stereocenters. The number of para-hydroxylation sites is 1. The van der Waals surface area contributed by atoms with Crippen molar-refractivity contribution in [1.29, 1.82) is 0 Å². The first kappa shape index (κ1) is 15.0. The van der Waals surface area contributed by atoms with Crippen LogP contribution in [-0.4, -0.2) is 12.2 Å². The Bertz CT molecular complexity index is 376. The van der Waals surface area contributed by atoms with Crippen LogP contribution in [0.1, 0.15) is 39.5 Å². The molecule has 0 saturated carbocycles. The van der Waals surface area contributed by atoms with Crippen LogP contribution in [0.3, 0.4) is 0 Å². The van der Waals surface area contributed by atoms with Crippen molar-refractivity contribution in [2.75, 3.05) is 5.32 Å². The molecule has 0 spiro atoms. The monoisotopic (exact) mass is 313 g/mol. The van der Waals surface area contributed by atoms with Gasteiger partial charge in [-0.2, -0.15) is 0 Å². The van der Waals surface area contributed by atoms with Crippen molar-refractivity contribution >= 4 is 27.7 Å². The summed E-state index contributed by atoms with van der Waals surface area (Å²) in [7, 11) is 0. The van der Waals surface area contributed by atoms with E-state index in [1.165, 1.54) is 0 Å². The lowest BCUT2D eigenvalue weighted by molar-refractivity contribution is 0.0988. The number of ether oxygens (including phenoxy) is 1. The molecule has 18 heavy (non-hydrogen) atoms. The molecule has 0 saturated heterocycles. The highest BCUT2D eigenvalue weighted by molar-refractivity contribution is 9.10. The van der Waals surface area contributed by atoms with E-state index in [1.54, 1.807) is 0 Å². The molecule has 1 amide bonds. The molecule has 0 fully saturated rings. The Labute approximate surface area is 117 Å². The van der Waals surface area contributed by atoms with Gasteiger partial charge < -0.3 is 4.74 Å². The van der Waals surface area contributed by atoms with Crippen molar-refractivity contribution in [3.05, 3.63) is 28.7 Å². The minimum Gasteiger partial charge on any atom is -0.446 e. The van der Waals surface area contributed by atoms with Crippen LogP contribution in [0.15, 0.2) is 28.7 Å². The fourth-order valence-corrected chi connectivity index (χ4v) is 2.14. The Balaban J connectivity index is 2.52. The van der Waals surface area contributed by atoms with Gasteiger partial charge in [-0.3, -0.25) is 5.32 Å². The number of nitrogens with one attached hydrogen (secondary N) is 1. The molecule has 1 aromatic carbocycles. The first-order valence-corrected chi connectivity index (χ1v) is 7.18. The zero-order chi connectivity index (χ0) is 13.4. The summed E-state index contributed by atoms with van der Waals surface area (Å²) < 4.78 is 6.27. The molecule has 0 radical (unpaired) electrons. The van der Waals surface area contributed by atoms with E-state index in [1.807, 2.05) is 24.3 Å². The normalized spacial score (nSPS) is 10.4. The predicted molar refractivity (Wildman–Crippen MR) is 77.8 cm³/mol. The number of amides is 1. The number of rotatable bonds is 6. The average Bonchev–Trinajstić information content (AvgIpc) is 2.33. The smallest absolute Gasteiger partial charge is 0.411 e. The summed E-state index contributed by atoms with van der Waals surface area (Å²) in [5.41, 5.74) is 0.731. The number of anilines is 1. The van der Waals surface area contributed by atoms with Crippen molar-refractivity contribution in [2.24, 2.45) is 0 Å². The molecule has 0 aliphatic rings. The fourth-order valence-electron chi connectivity index (χ4n) is 1.76. The topological polar surface area (TPSA) is 38.3 Å². The van der Waals surface area contributed by atoms with Crippen molar-refractivity contribution in [3.8, 4) is 0 Å². The molecule has 0 aliphatic carbocycles. The maximum atomic E-state index is 11.8. The maximum absolute atomic E-state index is 11.8. The largest absolute Gasteiger partial charge is 0.446 e. The second kappa shape index (κ2) is 8.14. The summed E-state index contributed by atoms with van der Waals surface area (Å²) in [6.07, 6.45) is 3.50. The number of carbonyl (C=O) groups is 1. The van der Waals surface area contributed by atoms with Crippen LogP contribution in [0.4, 0.5) is 10.5 Å². The molecule has 0 bridgehead atoms. The quantitative estimate of drug-likeness (QED) is 0.805. The van der Waals surface area contributed by atoms with E-state index in [4.69, 9.17) is 4.74 Å². The van der Waals surface area contributed by atoms with Crippen LogP contribution in [0.2, 0.25) is 0 Å². The minimum atomic E-state index is -0.381. The molecule has 100 valence electrons. The Morgan fingerprint density at radius 1 is 1.28 bits per heavy atom. The van der Waals surface area contributed by atoms with E-state index in [0.29, 0.717) is 0 Å². The van der Waals surface area contributed by atoms with Gasteiger partial charge in [-0.25, -0.2) is 4.79 Å². The molecule has 0 heterocycles. The lowest BCUT2D eigenvalue weighted by Crippen LogP contribution is -2.22. The van der Waals surface area contributed by atoms with Gasteiger partial charge in [0.15, 0.2) is 0 Å². The second-order valence-corrected chi connectivity index (χ2v) is 5.06. The summed E-state index contributed by atoms with van der Waals surface area (Å²) in [6, 6.07) is 7.48. The molecule has 1 rings (SSSR count). The van der Waals surface area contributed by atoms with E-state index in [2.05, 4.69) is 35.1 Å². The zero-order valence-electron chi connectivity index (χ0n) is 10.9. The lowest BCUT2D eigenvalue weighted by Gasteiger charge is -2.17. The molecule has 1 aromatic rings. The Morgan fingerprint density at radius 3 is 2.44 bits per heavy atom. The molecule has 1 N–H and O–H groups in total. The summed E-state index contributed by atoms with van der Waals surface area (Å²) in [4.78, 5) is 11.8. The molecule has 0 aromatic heterocycles. The van der Waals surface area contributed by atoms with Crippen LogP contribution in [0.5, 0.6) is 0 Å². The maximum Gasteiger partial charge on any atom is 0.411 e. The average molecular weight is 314 g/mol. The lowest BCUT2D eigenvalue weighted by atomic mass is 10.1. The number of hydrogen-bond acceptors (Lipinski definition) is 2. The van der Waals surface area contributed by atoms with E-state index in [-0.39, 0.29) is 12.2 Å². The highest BCUT2D eigenvalue weighted by atomic mass is 79.9. The van der Waals surface area contributed by atoms with Crippen LogP contribution in [-0.2, 0) is 4.74 Å². The van der Waals surface area contributed by atoms with Crippen LogP contribution >= 0.6 is 15.9 Å². The molecular formula is C14H20BrNO2. The molecular weight excluding hydrogens is 294 g/mol. The third kappa shape index (κ3) is 5.08. The van der Waals surface area contributed by atoms with Crippen molar-refractivity contribution < 1.29 is 9.53 Å². The highest BCUT2D eigenvalue weighted by Crippen LogP contribution is 2.21. The first-order valence-electron chi connectivity index (χ1n) is 6.39. The van der Waals surface area contributed by atoms with Gasteiger partial charge in [0.05, 0.1) is 5.69 Å². The first-order chi connectivity index (χ1) is 8.67. The number of halogens is 1. The van der Waals surface area contributed by atoms with E-state index in [0.717, 1.165) is 35.8 Å². The minimum absolute atomic E-state index is 0.0162. The summed E-state index contributed by atoms with van der Waals surface area (Å²) in [5.74, 6) is 0. The predicted octanol–water partition coefficient (Wildman–Crippen LogP) is 4.97. The summed E-state index contributed by atoms with van der Waals surface area (Å²) >= 11 is 3.38. The Hall–Kier alpha value is -1.03. The van der Waals surface area contributed by atoms with Crippen LogP contribution in [0.25, 0.3) is 0 Å². The van der Waals surface area contributed by atoms with E-state index < -0.39 is 0 Å². The van der Waals surface area contributed by atoms with E-state index >= 15 is 0 Å². The van der Waals surface area contributed by atoms with Gasteiger partial charge >= 0.3 is 6.09 Å². The summed E-state index contributed by atoms with van der Waals surface area (Å²) in [6.45, 7) is 4.19. The summed E-state index contributed by atoms with van der Waals surface area (Å²) in [5, 5.41) is 2.75. The number of hydrogen-bond donors (Lipinski definition) is 1. The fraction of sp³-hybridized carbons (Fsp3) is 0.500. The van der Waals surface area contributed by atoms with Crippen molar-refractivity contribution in [2.45, 2.75) is 45.6 Å². The van der Waals surface area contributed by atoms with Gasteiger partial charge in [0, 0.05) is 4.47 Å². The van der Waals surface area contributed by atoms with Crippen molar-refractivity contribution in [1.82, 2.24) is 0 Å². The van der Waals surface area contributed by atoms with Crippen LogP contribution in [0, 0.1) is 0 Å². The van der Waals surface area contributed by atoms with Gasteiger partial charge in [-0.05, 0) is 40.9 Å². The highest BCUT2D eigenvalue weighted by Gasteiger charge is 2.13. The SMILES string of the molecule is CCCC(CCC)OC(=O)Nc1ccccc1Br. The number of benzene rings is 1. The third-order valence-electron chi connectivity index (χ3n) is 2.61. The van der Waals surface area contributed by atoms with Gasteiger partial charge in [-0.1, -0.05) is 38.8 Å². The third-order valence-corrected chi connectivity index (χ3v) is 3.30. The van der Waals surface area contributed by atoms with E-state index in [9.17, 15) is 4.79 Å². The van der Waals surface area contributed by atoms with Crippen molar-refractivity contribution in [3.63, 3.8) is 0 Å². The molecule has 0 unspecified atom stereocenters. The second-order valence-electron chi connectivity index (χ2n) is 4.21. The van der Waals surface area contributed by atoms with Gasteiger partial charge in [0.1, 0.15) is 6.10 Å².